The van der Waals surface area contributed by atoms with E-state index in [1.165, 1.54) is 0 Å². The Kier molecular flexibility index (Phi) is 4.95. The zero-order valence-corrected chi connectivity index (χ0v) is 13.4. The summed E-state index contributed by atoms with van der Waals surface area (Å²) in [6.45, 7) is 14.2. The molecule has 0 heterocycles. The molecule has 0 bridgehead atoms. The van der Waals surface area contributed by atoms with Crippen molar-refractivity contribution in [2.45, 2.75) is 53.4 Å². The van der Waals surface area contributed by atoms with Crippen LogP contribution in [-0.4, -0.2) is 28.0 Å². The van der Waals surface area contributed by atoms with Gasteiger partial charge in [-0.2, -0.15) is 4.40 Å². The standard InChI is InChI=1S/C11H25NO2SSi/c1-10(11(2,3)4)12-15(13,14)8-9-16(5,6)7/h8-9H2,1-7H3/b12-10+. The quantitative estimate of drug-likeness (QED) is 0.578. The Bertz CT molecular complexity index is 358. The molecule has 0 fully saturated rings. The molecule has 0 N–H and O–H groups in total. The molecule has 0 saturated carbocycles. The van der Waals surface area contributed by atoms with Gasteiger partial charge in [0.15, 0.2) is 0 Å². The molecule has 0 aliphatic carbocycles. The van der Waals surface area contributed by atoms with Crippen molar-refractivity contribution >= 4 is 23.8 Å². The van der Waals surface area contributed by atoms with Crippen molar-refractivity contribution in [3.8, 4) is 0 Å². The van der Waals surface area contributed by atoms with E-state index in [9.17, 15) is 8.42 Å². The van der Waals surface area contributed by atoms with Crippen molar-refractivity contribution in [2.75, 3.05) is 5.75 Å². The van der Waals surface area contributed by atoms with Crippen LogP contribution in [0.25, 0.3) is 0 Å². The van der Waals surface area contributed by atoms with Gasteiger partial charge in [0.05, 0.1) is 5.75 Å². The van der Waals surface area contributed by atoms with Crippen LogP contribution < -0.4 is 0 Å². The molecule has 0 aromatic rings. The van der Waals surface area contributed by atoms with Gasteiger partial charge in [-0.15, -0.1) is 0 Å². The number of sulfonamides is 1. The van der Waals surface area contributed by atoms with Gasteiger partial charge >= 0.3 is 0 Å². The van der Waals surface area contributed by atoms with E-state index < -0.39 is 18.1 Å². The van der Waals surface area contributed by atoms with Crippen molar-refractivity contribution in [2.24, 2.45) is 9.81 Å². The summed E-state index contributed by atoms with van der Waals surface area (Å²) in [5.41, 5.74) is 0.509. The van der Waals surface area contributed by atoms with Crippen LogP contribution in [0.15, 0.2) is 4.40 Å². The predicted molar refractivity (Wildman–Crippen MR) is 74.5 cm³/mol. The maximum absolute atomic E-state index is 11.8. The lowest BCUT2D eigenvalue weighted by molar-refractivity contribution is 0.580. The highest BCUT2D eigenvalue weighted by Gasteiger charge is 2.21. The largest absolute Gasteiger partial charge is 0.252 e. The molecule has 0 aromatic carbocycles. The zero-order chi connectivity index (χ0) is 13.2. The first-order chi connectivity index (χ1) is 6.83. The zero-order valence-electron chi connectivity index (χ0n) is 11.6. The molecule has 0 amide bonds. The number of hydrogen-bond donors (Lipinski definition) is 0. The van der Waals surface area contributed by atoms with Crippen LogP contribution in [0, 0.1) is 5.41 Å². The summed E-state index contributed by atoms with van der Waals surface area (Å²) < 4.78 is 27.4. The number of nitrogens with zero attached hydrogens (tertiary/aromatic N) is 1. The Hall–Kier alpha value is -0.163. The second-order valence-electron chi connectivity index (χ2n) is 6.52. The Labute approximate surface area is 101 Å². The van der Waals surface area contributed by atoms with Crippen molar-refractivity contribution in [3.05, 3.63) is 0 Å². The smallest absolute Gasteiger partial charge is 0.205 e. The molecule has 0 atom stereocenters. The summed E-state index contributed by atoms with van der Waals surface area (Å²) >= 11 is 0. The van der Waals surface area contributed by atoms with Crippen molar-refractivity contribution in [1.29, 1.82) is 0 Å². The molecule has 96 valence electrons. The molecule has 0 rings (SSSR count). The summed E-state index contributed by atoms with van der Waals surface area (Å²) in [7, 11) is -4.59. The van der Waals surface area contributed by atoms with Gasteiger partial charge in [-0.3, -0.25) is 0 Å². The van der Waals surface area contributed by atoms with Crippen LogP contribution in [0.4, 0.5) is 0 Å². The lowest BCUT2D eigenvalue weighted by atomic mass is 9.91. The van der Waals surface area contributed by atoms with Gasteiger partial charge in [0.25, 0.3) is 10.0 Å². The minimum Gasteiger partial charge on any atom is -0.205 e. The van der Waals surface area contributed by atoms with Crippen molar-refractivity contribution in [3.63, 3.8) is 0 Å². The highest BCUT2D eigenvalue weighted by molar-refractivity contribution is 7.90. The molecule has 5 heteroatoms. The molecule has 0 saturated heterocycles. The van der Waals surface area contributed by atoms with Crippen LogP contribution in [0.1, 0.15) is 27.7 Å². The molecule has 0 aliphatic heterocycles. The lowest BCUT2D eigenvalue weighted by Gasteiger charge is -2.18. The highest BCUT2D eigenvalue weighted by Crippen LogP contribution is 2.18. The van der Waals surface area contributed by atoms with Gasteiger partial charge in [-0.25, -0.2) is 8.42 Å². The number of hydrogen-bond acceptors (Lipinski definition) is 2. The van der Waals surface area contributed by atoms with E-state index in [0.29, 0.717) is 5.71 Å². The fourth-order valence-corrected chi connectivity index (χ4v) is 5.09. The van der Waals surface area contributed by atoms with Crippen molar-refractivity contribution < 1.29 is 8.42 Å². The minimum atomic E-state index is -3.27. The molecule has 0 unspecified atom stereocenters. The van der Waals surface area contributed by atoms with Crippen LogP contribution in [0.5, 0.6) is 0 Å². The Morgan fingerprint density at radius 1 is 1.19 bits per heavy atom. The average molecular weight is 263 g/mol. The van der Waals surface area contributed by atoms with Crippen LogP contribution >= 0.6 is 0 Å². The molecular weight excluding hydrogens is 238 g/mol. The van der Waals surface area contributed by atoms with Crippen LogP contribution in [0.2, 0.25) is 25.7 Å². The van der Waals surface area contributed by atoms with Gasteiger partial charge in [-0.1, -0.05) is 40.4 Å². The lowest BCUT2D eigenvalue weighted by Crippen LogP contribution is -2.24. The maximum atomic E-state index is 11.8. The van der Waals surface area contributed by atoms with Crippen LogP contribution in [-0.2, 0) is 10.0 Å². The van der Waals surface area contributed by atoms with Gasteiger partial charge in [0.2, 0.25) is 0 Å². The van der Waals surface area contributed by atoms with E-state index in [1.807, 2.05) is 20.8 Å². The summed E-state index contributed by atoms with van der Waals surface area (Å²) in [5, 5.41) is 0. The summed E-state index contributed by atoms with van der Waals surface area (Å²) in [6.07, 6.45) is 0. The normalized spacial score (nSPS) is 15.3. The van der Waals surface area contributed by atoms with E-state index in [2.05, 4.69) is 24.0 Å². The molecule has 0 spiro atoms. The highest BCUT2D eigenvalue weighted by atomic mass is 32.2. The Balaban J connectivity index is 4.73. The molecule has 16 heavy (non-hydrogen) atoms. The van der Waals surface area contributed by atoms with E-state index in [4.69, 9.17) is 0 Å². The van der Waals surface area contributed by atoms with E-state index in [0.717, 1.165) is 6.04 Å². The molecule has 0 aromatic heterocycles. The number of rotatable bonds is 4. The molecule has 0 aliphatic rings. The molecular formula is C11H25NO2SSi. The SMILES string of the molecule is C/C(=N\S(=O)(=O)CC[Si](C)(C)C)C(C)(C)C. The third kappa shape index (κ3) is 7.17. The minimum absolute atomic E-state index is 0.174. The topological polar surface area (TPSA) is 46.5 Å². The molecule has 0 radical (unpaired) electrons. The third-order valence-electron chi connectivity index (χ3n) is 2.47. The van der Waals surface area contributed by atoms with E-state index >= 15 is 0 Å². The summed E-state index contributed by atoms with van der Waals surface area (Å²) in [5.74, 6) is 0.191. The molecule has 3 nitrogen and oxygen atoms in total. The third-order valence-corrected chi connectivity index (χ3v) is 5.86. The first kappa shape index (κ1) is 15.8. The second kappa shape index (κ2) is 5.00. The Morgan fingerprint density at radius 2 is 1.62 bits per heavy atom. The fraction of sp³-hybridized carbons (Fsp3) is 0.909. The fourth-order valence-electron chi connectivity index (χ4n) is 0.826. The van der Waals surface area contributed by atoms with Crippen molar-refractivity contribution in [1.82, 2.24) is 0 Å². The first-order valence-electron chi connectivity index (χ1n) is 5.63. The van der Waals surface area contributed by atoms with Gasteiger partial charge < -0.3 is 0 Å². The monoisotopic (exact) mass is 263 g/mol. The van der Waals surface area contributed by atoms with E-state index in [1.54, 1.807) is 6.92 Å². The van der Waals surface area contributed by atoms with E-state index in [-0.39, 0.29) is 11.2 Å². The van der Waals surface area contributed by atoms with Crippen LogP contribution in [0.3, 0.4) is 0 Å². The Morgan fingerprint density at radius 3 is 1.94 bits per heavy atom. The summed E-state index contributed by atoms with van der Waals surface area (Å²) in [6, 6.07) is 0.774. The first-order valence-corrected chi connectivity index (χ1v) is 10.9. The average Bonchev–Trinajstić information content (AvgIpc) is 1.97. The maximum Gasteiger partial charge on any atom is 0.252 e. The summed E-state index contributed by atoms with van der Waals surface area (Å²) in [4.78, 5) is 0. The van der Waals surface area contributed by atoms with Gasteiger partial charge in [0.1, 0.15) is 0 Å². The second-order valence-corrected chi connectivity index (χ2v) is 13.9. The van der Waals surface area contributed by atoms with Gasteiger partial charge in [0, 0.05) is 19.2 Å². The predicted octanol–water partition coefficient (Wildman–Crippen LogP) is 3.16. The van der Waals surface area contributed by atoms with Gasteiger partial charge in [-0.05, 0) is 13.0 Å².